The molecule has 1 aromatic rings. The van der Waals surface area contributed by atoms with Gasteiger partial charge < -0.3 is 10.6 Å². The maximum atomic E-state index is 12.8. The molecule has 0 saturated carbocycles. The Balaban J connectivity index is 2.17. The topological polar surface area (TPSA) is 64.9 Å². The summed E-state index contributed by atoms with van der Waals surface area (Å²) in [5, 5.41) is 14.2. The zero-order valence-electron chi connectivity index (χ0n) is 10.8. The van der Waals surface area contributed by atoms with Crippen LogP contribution in [0.3, 0.4) is 0 Å². The first-order valence-electron chi connectivity index (χ1n) is 6.15. The highest BCUT2D eigenvalue weighted by Crippen LogP contribution is 2.33. The molecule has 0 aliphatic carbocycles. The molecule has 1 saturated heterocycles. The van der Waals surface area contributed by atoms with Gasteiger partial charge in [-0.2, -0.15) is 30.2 Å². The minimum Gasteiger partial charge on any atom is -0.325 e. The van der Waals surface area contributed by atoms with Crippen molar-refractivity contribution in [2.24, 2.45) is 0 Å². The molecule has 1 heterocycles. The molecule has 1 fully saturated rings. The monoisotopic (exact) mass is 315 g/mol. The first-order valence-corrected chi connectivity index (χ1v) is 7.30. The minimum atomic E-state index is -4.63. The zero-order valence-corrected chi connectivity index (χ0v) is 11.6. The van der Waals surface area contributed by atoms with Gasteiger partial charge in [-0.25, -0.2) is 0 Å². The summed E-state index contributed by atoms with van der Waals surface area (Å²) in [4.78, 5) is 11.9. The molecule has 8 heteroatoms. The van der Waals surface area contributed by atoms with Crippen molar-refractivity contribution < 1.29 is 18.0 Å². The lowest BCUT2D eigenvalue weighted by molar-refractivity contribution is -0.137. The molecule has 0 bridgehead atoms. The number of hydrogen-bond acceptors (Lipinski definition) is 4. The van der Waals surface area contributed by atoms with E-state index in [1.165, 1.54) is 12.1 Å². The molecule has 0 spiro atoms. The van der Waals surface area contributed by atoms with Gasteiger partial charge >= 0.3 is 6.18 Å². The van der Waals surface area contributed by atoms with Gasteiger partial charge in [0.1, 0.15) is 0 Å². The Morgan fingerprint density at radius 1 is 1.48 bits per heavy atom. The molecule has 4 nitrogen and oxygen atoms in total. The maximum absolute atomic E-state index is 12.8. The number of thioether (sulfide) groups is 1. The summed E-state index contributed by atoms with van der Waals surface area (Å²) in [5.74, 6) is 1.10. The van der Waals surface area contributed by atoms with Crippen LogP contribution in [0.2, 0.25) is 0 Å². The summed E-state index contributed by atoms with van der Waals surface area (Å²) in [6.45, 7) is 0.684. The Labute approximate surface area is 123 Å². The molecule has 2 rings (SSSR count). The van der Waals surface area contributed by atoms with Crippen molar-refractivity contribution in [3.8, 4) is 6.07 Å². The van der Waals surface area contributed by atoms with Gasteiger partial charge in [0.15, 0.2) is 0 Å². The number of rotatable bonds is 2. The molecular formula is C13H12F3N3OS. The van der Waals surface area contributed by atoms with Crippen LogP contribution in [0.4, 0.5) is 18.9 Å². The number of hydrogen-bond donors (Lipinski definition) is 2. The normalized spacial score (nSPS) is 18.9. The summed E-state index contributed by atoms with van der Waals surface area (Å²) in [6, 6.07) is 4.21. The quantitative estimate of drug-likeness (QED) is 0.878. The van der Waals surface area contributed by atoms with Gasteiger partial charge in [0.2, 0.25) is 5.91 Å². The lowest BCUT2D eigenvalue weighted by atomic mass is 10.1. The predicted octanol–water partition coefficient (Wildman–Crippen LogP) is 2.22. The van der Waals surface area contributed by atoms with Crippen molar-refractivity contribution in [3.05, 3.63) is 29.3 Å². The van der Waals surface area contributed by atoms with Gasteiger partial charge in [-0.3, -0.25) is 4.79 Å². The van der Waals surface area contributed by atoms with Crippen molar-refractivity contribution in [1.82, 2.24) is 5.32 Å². The van der Waals surface area contributed by atoms with Gasteiger partial charge in [0.25, 0.3) is 0 Å². The van der Waals surface area contributed by atoms with Crippen LogP contribution in [0.25, 0.3) is 0 Å². The highest BCUT2D eigenvalue weighted by Gasteiger charge is 2.34. The van der Waals surface area contributed by atoms with Crippen LogP contribution in [-0.2, 0) is 11.0 Å². The molecule has 0 radical (unpaired) electrons. The Bertz CT molecular complexity index is 577. The molecule has 1 unspecified atom stereocenters. The number of nitrogens with zero attached hydrogens (tertiary/aromatic N) is 1. The number of carbonyl (C=O) groups is 1. The van der Waals surface area contributed by atoms with E-state index in [9.17, 15) is 18.0 Å². The molecule has 1 amide bonds. The van der Waals surface area contributed by atoms with E-state index < -0.39 is 23.3 Å². The van der Waals surface area contributed by atoms with Crippen LogP contribution >= 0.6 is 11.8 Å². The molecule has 1 aromatic carbocycles. The fraction of sp³-hybridized carbons (Fsp3) is 0.385. The molecule has 2 N–H and O–H groups in total. The summed E-state index contributed by atoms with van der Waals surface area (Å²) in [7, 11) is 0. The van der Waals surface area contributed by atoms with E-state index in [4.69, 9.17) is 5.26 Å². The number of nitriles is 1. The molecular weight excluding hydrogens is 303 g/mol. The van der Waals surface area contributed by atoms with Crippen LogP contribution in [0.1, 0.15) is 11.1 Å². The SMILES string of the molecule is N#Cc1ccc(NC(=O)C2CSCCN2)cc1C(F)(F)F. The average molecular weight is 315 g/mol. The van der Waals surface area contributed by atoms with Crippen LogP contribution in [0.5, 0.6) is 0 Å². The highest BCUT2D eigenvalue weighted by atomic mass is 32.2. The first kappa shape index (κ1) is 15.7. The van der Waals surface area contributed by atoms with E-state index in [-0.39, 0.29) is 11.6 Å². The van der Waals surface area contributed by atoms with Crippen molar-refractivity contribution in [2.75, 3.05) is 23.4 Å². The van der Waals surface area contributed by atoms with E-state index in [1.807, 2.05) is 0 Å². The average Bonchev–Trinajstić information content (AvgIpc) is 2.47. The van der Waals surface area contributed by atoms with Crippen LogP contribution in [0.15, 0.2) is 18.2 Å². The number of carbonyl (C=O) groups excluding carboxylic acids is 1. The van der Waals surface area contributed by atoms with Crippen molar-refractivity contribution in [3.63, 3.8) is 0 Å². The second-order valence-corrected chi connectivity index (χ2v) is 5.59. The van der Waals surface area contributed by atoms with E-state index in [0.717, 1.165) is 17.9 Å². The standard InChI is InChI=1S/C13H12F3N3OS/c14-13(15,16)10-5-9(2-1-8(10)6-17)19-12(20)11-7-21-4-3-18-11/h1-2,5,11,18H,3-4,7H2,(H,19,20). The van der Waals surface area contributed by atoms with Gasteiger partial charge in [-0.1, -0.05) is 0 Å². The number of halogens is 3. The first-order chi connectivity index (χ1) is 9.91. The Morgan fingerprint density at radius 2 is 2.24 bits per heavy atom. The fourth-order valence-electron chi connectivity index (χ4n) is 1.92. The van der Waals surface area contributed by atoms with Gasteiger partial charge in [-0.15, -0.1) is 0 Å². The third-order valence-electron chi connectivity index (χ3n) is 2.95. The Morgan fingerprint density at radius 3 is 2.81 bits per heavy atom. The second-order valence-electron chi connectivity index (χ2n) is 4.44. The highest BCUT2D eigenvalue weighted by molar-refractivity contribution is 7.99. The number of benzene rings is 1. The van der Waals surface area contributed by atoms with Crippen LogP contribution in [0, 0.1) is 11.3 Å². The van der Waals surface area contributed by atoms with E-state index in [0.29, 0.717) is 12.3 Å². The molecule has 1 atom stereocenters. The number of amides is 1. The number of nitrogens with one attached hydrogen (secondary N) is 2. The second kappa shape index (κ2) is 6.37. The predicted molar refractivity (Wildman–Crippen MR) is 73.9 cm³/mol. The van der Waals surface area contributed by atoms with Crippen molar-refractivity contribution >= 4 is 23.4 Å². The smallest absolute Gasteiger partial charge is 0.325 e. The number of anilines is 1. The molecule has 112 valence electrons. The van der Waals surface area contributed by atoms with Gasteiger partial charge in [-0.05, 0) is 18.2 Å². The molecule has 21 heavy (non-hydrogen) atoms. The van der Waals surface area contributed by atoms with Crippen molar-refractivity contribution in [2.45, 2.75) is 12.2 Å². The number of alkyl halides is 3. The molecule has 1 aliphatic heterocycles. The van der Waals surface area contributed by atoms with Gasteiger partial charge in [0.05, 0.1) is 23.2 Å². The summed E-state index contributed by atoms with van der Waals surface area (Å²) in [5.41, 5.74) is -1.48. The summed E-state index contributed by atoms with van der Waals surface area (Å²) < 4.78 is 38.5. The lowest BCUT2D eigenvalue weighted by Gasteiger charge is -2.22. The Hall–Kier alpha value is -1.72. The Kier molecular flexibility index (Phi) is 4.75. The lowest BCUT2D eigenvalue weighted by Crippen LogP contribution is -2.46. The third-order valence-corrected chi connectivity index (χ3v) is 4.01. The largest absolute Gasteiger partial charge is 0.417 e. The van der Waals surface area contributed by atoms with E-state index in [2.05, 4.69) is 10.6 Å². The van der Waals surface area contributed by atoms with Crippen molar-refractivity contribution in [1.29, 1.82) is 5.26 Å². The third kappa shape index (κ3) is 3.89. The zero-order chi connectivity index (χ0) is 15.5. The summed E-state index contributed by atoms with van der Waals surface area (Å²) in [6.07, 6.45) is -4.63. The molecule has 1 aliphatic rings. The molecule has 0 aromatic heterocycles. The maximum Gasteiger partial charge on any atom is 0.417 e. The van der Waals surface area contributed by atoms with E-state index in [1.54, 1.807) is 11.8 Å². The van der Waals surface area contributed by atoms with Crippen LogP contribution in [-0.4, -0.2) is 30.0 Å². The van der Waals surface area contributed by atoms with E-state index >= 15 is 0 Å². The minimum absolute atomic E-state index is 0.0312. The van der Waals surface area contributed by atoms with Crippen LogP contribution < -0.4 is 10.6 Å². The fourth-order valence-corrected chi connectivity index (χ4v) is 2.85. The summed E-state index contributed by atoms with van der Waals surface area (Å²) >= 11 is 1.61. The van der Waals surface area contributed by atoms with Gasteiger partial charge in [0, 0.05) is 23.7 Å².